The van der Waals surface area contributed by atoms with Crippen LogP contribution in [0.15, 0.2) is 23.2 Å². The van der Waals surface area contributed by atoms with E-state index in [1.54, 1.807) is 19.2 Å². The van der Waals surface area contributed by atoms with E-state index in [9.17, 15) is 13.2 Å². The van der Waals surface area contributed by atoms with Crippen LogP contribution < -0.4 is 20.1 Å². The third kappa shape index (κ3) is 8.46. The van der Waals surface area contributed by atoms with Crippen LogP contribution in [0.25, 0.3) is 0 Å². The molecule has 0 spiro atoms. The van der Waals surface area contributed by atoms with E-state index in [1.165, 1.54) is 7.05 Å². The number of hydrogen-bond donors (Lipinski definition) is 2. The summed E-state index contributed by atoms with van der Waals surface area (Å²) in [6, 6.07) is 5.45. The van der Waals surface area contributed by atoms with Gasteiger partial charge in [-0.3, -0.25) is 4.99 Å². The first-order valence-corrected chi connectivity index (χ1v) is 7.20. The molecule has 1 aromatic carbocycles. The first kappa shape index (κ1) is 22.6. The molecule has 9 heteroatoms. The third-order valence-electron chi connectivity index (χ3n) is 2.91. The Labute approximate surface area is 157 Å². The molecule has 0 bridgehead atoms. The van der Waals surface area contributed by atoms with E-state index < -0.39 is 12.6 Å². The minimum absolute atomic E-state index is 0. The highest BCUT2D eigenvalue weighted by atomic mass is 127. The highest BCUT2D eigenvalue weighted by Gasteiger charge is 2.26. The number of methoxy groups -OCH3 is 1. The van der Waals surface area contributed by atoms with Gasteiger partial charge in [0.15, 0.2) is 17.5 Å². The number of nitrogens with zero attached hydrogens (tertiary/aromatic N) is 1. The van der Waals surface area contributed by atoms with E-state index in [0.717, 1.165) is 5.56 Å². The van der Waals surface area contributed by atoms with E-state index in [-0.39, 0.29) is 30.5 Å². The minimum atomic E-state index is -4.19. The number of ether oxygens (including phenoxy) is 2. The van der Waals surface area contributed by atoms with Crippen LogP contribution in [0.4, 0.5) is 13.2 Å². The van der Waals surface area contributed by atoms with Crippen molar-refractivity contribution < 1.29 is 22.6 Å². The van der Waals surface area contributed by atoms with Crippen molar-refractivity contribution in [2.24, 2.45) is 4.99 Å². The maximum absolute atomic E-state index is 12.1. The summed E-state index contributed by atoms with van der Waals surface area (Å²) in [7, 11) is 3.05. The van der Waals surface area contributed by atoms with Crippen molar-refractivity contribution in [1.29, 1.82) is 0 Å². The van der Waals surface area contributed by atoms with Crippen molar-refractivity contribution in [1.82, 2.24) is 10.6 Å². The van der Waals surface area contributed by atoms with Crippen molar-refractivity contribution in [2.75, 3.05) is 27.3 Å². The Morgan fingerprint density at radius 1 is 1.21 bits per heavy atom. The Balaban J connectivity index is 0.00000529. The Bertz CT molecular complexity index is 525. The lowest BCUT2D eigenvalue weighted by Crippen LogP contribution is -2.38. The summed E-state index contributed by atoms with van der Waals surface area (Å²) < 4.78 is 47.0. The first-order chi connectivity index (χ1) is 10.9. The van der Waals surface area contributed by atoms with E-state index >= 15 is 0 Å². The van der Waals surface area contributed by atoms with E-state index in [4.69, 9.17) is 9.47 Å². The second kappa shape index (κ2) is 11.2. The van der Waals surface area contributed by atoms with Crippen LogP contribution >= 0.6 is 24.0 Å². The minimum Gasteiger partial charge on any atom is -0.493 e. The van der Waals surface area contributed by atoms with E-state index in [0.29, 0.717) is 30.6 Å². The molecule has 1 aromatic rings. The van der Waals surface area contributed by atoms with Gasteiger partial charge in [-0.25, -0.2) is 0 Å². The number of aliphatic imine (C=N–C) groups is 1. The van der Waals surface area contributed by atoms with Gasteiger partial charge in [0, 0.05) is 20.1 Å². The maximum Gasteiger partial charge on any atom is 0.390 e. The van der Waals surface area contributed by atoms with Crippen molar-refractivity contribution in [3.8, 4) is 11.5 Å². The van der Waals surface area contributed by atoms with Crippen LogP contribution in [-0.4, -0.2) is 39.4 Å². The van der Waals surface area contributed by atoms with Crippen molar-refractivity contribution in [3.05, 3.63) is 23.8 Å². The standard InChI is InChI=1S/C15H22F3N3O2.HI/c1-4-23-12-6-5-11(9-13(12)22-3)10-21-14(19-2)20-8-7-15(16,17)18;/h5-6,9H,4,7-8,10H2,1-3H3,(H2,19,20,21);1H. The van der Waals surface area contributed by atoms with Crippen LogP contribution in [0.2, 0.25) is 0 Å². The van der Waals surface area contributed by atoms with Gasteiger partial charge >= 0.3 is 6.18 Å². The van der Waals surface area contributed by atoms with Crippen LogP contribution in [0.3, 0.4) is 0 Å². The number of rotatable bonds is 7. The molecule has 0 aliphatic heterocycles. The molecule has 0 radical (unpaired) electrons. The van der Waals surface area contributed by atoms with Gasteiger partial charge in [-0.1, -0.05) is 6.07 Å². The van der Waals surface area contributed by atoms with E-state index in [1.807, 2.05) is 13.0 Å². The predicted molar refractivity (Wildman–Crippen MR) is 98.5 cm³/mol. The molecule has 0 fully saturated rings. The molecule has 138 valence electrons. The number of hydrogen-bond acceptors (Lipinski definition) is 3. The summed E-state index contributed by atoms with van der Waals surface area (Å²) in [5.74, 6) is 1.56. The summed E-state index contributed by atoms with van der Waals surface area (Å²) in [6.07, 6.45) is -5.10. The summed E-state index contributed by atoms with van der Waals surface area (Å²) in [6.45, 7) is 2.58. The number of benzene rings is 1. The van der Waals surface area contributed by atoms with Gasteiger partial charge in [0.05, 0.1) is 20.1 Å². The fraction of sp³-hybridized carbons (Fsp3) is 0.533. The lowest BCUT2D eigenvalue weighted by Gasteiger charge is -2.14. The van der Waals surface area contributed by atoms with Gasteiger partial charge in [0.2, 0.25) is 0 Å². The van der Waals surface area contributed by atoms with Gasteiger partial charge < -0.3 is 20.1 Å². The average molecular weight is 461 g/mol. The van der Waals surface area contributed by atoms with Crippen LogP contribution in [0.1, 0.15) is 18.9 Å². The zero-order valence-corrected chi connectivity index (χ0v) is 16.2. The molecule has 0 heterocycles. The van der Waals surface area contributed by atoms with Gasteiger partial charge in [0.25, 0.3) is 0 Å². The highest BCUT2D eigenvalue weighted by Crippen LogP contribution is 2.27. The zero-order chi connectivity index (χ0) is 17.3. The highest BCUT2D eigenvalue weighted by molar-refractivity contribution is 14.0. The third-order valence-corrected chi connectivity index (χ3v) is 2.91. The summed E-state index contributed by atoms with van der Waals surface area (Å²) in [4.78, 5) is 3.88. The van der Waals surface area contributed by atoms with Gasteiger partial charge in [0.1, 0.15) is 0 Å². The van der Waals surface area contributed by atoms with Gasteiger partial charge in [-0.05, 0) is 24.6 Å². The molecular formula is C15H23F3IN3O2. The summed E-state index contributed by atoms with van der Waals surface area (Å²) in [5.41, 5.74) is 0.893. The molecule has 24 heavy (non-hydrogen) atoms. The van der Waals surface area contributed by atoms with Crippen molar-refractivity contribution in [3.63, 3.8) is 0 Å². The Morgan fingerprint density at radius 2 is 1.92 bits per heavy atom. The predicted octanol–water partition coefficient (Wildman–Crippen LogP) is 3.33. The topological polar surface area (TPSA) is 54.9 Å². The smallest absolute Gasteiger partial charge is 0.390 e. The number of alkyl halides is 3. The zero-order valence-electron chi connectivity index (χ0n) is 13.9. The van der Waals surface area contributed by atoms with E-state index in [2.05, 4.69) is 15.6 Å². The molecule has 0 amide bonds. The van der Waals surface area contributed by atoms with Gasteiger partial charge in [-0.2, -0.15) is 13.2 Å². The number of guanidine groups is 1. The molecule has 5 nitrogen and oxygen atoms in total. The monoisotopic (exact) mass is 461 g/mol. The van der Waals surface area contributed by atoms with Crippen molar-refractivity contribution in [2.45, 2.75) is 26.1 Å². The second-order valence-electron chi connectivity index (χ2n) is 4.64. The molecule has 0 saturated carbocycles. The number of halogens is 4. The van der Waals surface area contributed by atoms with Crippen LogP contribution in [0.5, 0.6) is 11.5 Å². The Kier molecular flexibility index (Phi) is 10.6. The quantitative estimate of drug-likeness (QED) is 0.372. The summed E-state index contributed by atoms with van der Waals surface area (Å²) >= 11 is 0. The summed E-state index contributed by atoms with van der Waals surface area (Å²) in [5, 5.41) is 5.57. The molecule has 0 saturated heterocycles. The lowest BCUT2D eigenvalue weighted by molar-refractivity contribution is -0.132. The van der Waals surface area contributed by atoms with Crippen LogP contribution in [-0.2, 0) is 6.54 Å². The second-order valence-corrected chi connectivity index (χ2v) is 4.64. The Hall–Kier alpha value is -1.39. The molecule has 0 aliphatic carbocycles. The molecular weight excluding hydrogens is 438 g/mol. The Morgan fingerprint density at radius 3 is 2.46 bits per heavy atom. The fourth-order valence-corrected chi connectivity index (χ4v) is 1.83. The molecule has 0 atom stereocenters. The normalized spacial score (nSPS) is 11.5. The molecule has 1 rings (SSSR count). The molecule has 2 N–H and O–H groups in total. The molecule has 0 aliphatic rings. The molecule has 0 aromatic heterocycles. The maximum atomic E-state index is 12.1. The average Bonchev–Trinajstić information content (AvgIpc) is 2.50. The van der Waals surface area contributed by atoms with Crippen LogP contribution in [0, 0.1) is 0 Å². The number of nitrogens with one attached hydrogen (secondary N) is 2. The largest absolute Gasteiger partial charge is 0.493 e. The lowest BCUT2D eigenvalue weighted by atomic mass is 10.2. The first-order valence-electron chi connectivity index (χ1n) is 7.20. The van der Waals surface area contributed by atoms with Crippen molar-refractivity contribution >= 4 is 29.9 Å². The SMILES string of the molecule is CCOc1ccc(CNC(=NC)NCCC(F)(F)F)cc1OC.I. The molecule has 0 unspecified atom stereocenters. The fourth-order valence-electron chi connectivity index (χ4n) is 1.83. The van der Waals surface area contributed by atoms with Gasteiger partial charge in [-0.15, -0.1) is 24.0 Å².